The second kappa shape index (κ2) is 8.86. The predicted octanol–water partition coefficient (Wildman–Crippen LogP) is 3.04. The molecule has 2 N–H and O–H groups in total. The first-order valence-corrected chi connectivity index (χ1v) is 8.23. The molecule has 1 heterocycles. The Morgan fingerprint density at radius 1 is 1.12 bits per heavy atom. The summed E-state index contributed by atoms with van der Waals surface area (Å²) in [6.07, 6.45) is 2.01. The van der Waals surface area contributed by atoms with E-state index in [-0.39, 0.29) is 5.91 Å². The van der Waals surface area contributed by atoms with Crippen LogP contribution in [0.2, 0.25) is 0 Å². The highest BCUT2D eigenvalue weighted by atomic mass is 16.5. The SMILES string of the molecule is CCCCOc1ccc(C(=O)NNc2nc(C)cc(C)n2)cc1OC. The van der Waals surface area contributed by atoms with Gasteiger partial charge in [-0.3, -0.25) is 15.6 Å². The van der Waals surface area contributed by atoms with Gasteiger partial charge in [-0.1, -0.05) is 13.3 Å². The van der Waals surface area contributed by atoms with Crippen LogP contribution >= 0.6 is 0 Å². The quantitative estimate of drug-likeness (QED) is 0.565. The van der Waals surface area contributed by atoms with Gasteiger partial charge in [0.15, 0.2) is 11.5 Å². The molecular weight excluding hydrogens is 320 g/mol. The Kier molecular flexibility index (Phi) is 6.56. The van der Waals surface area contributed by atoms with Crippen molar-refractivity contribution in [1.29, 1.82) is 0 Å². The molecule has 0 saturated carbocycles. The van der Waals surface area contributed by atoms with Crippen molar-refractivity contribution in [2.24, 2.45) is 0 Å². The number of rotatable bonds is 8. The number of aromatic nitrogens is 2. The van der Waals surface area contributed by atoms with E-state index in [0.717, 1.165) is 24.2 Å². The molecule has 0 aliphatic heterocycles. The van der Waals surface area contributed by atoms with Crippen molar-refractivity contribution < 1.29 is 14.3 Å². The molecule has 2 aromatic rings. The van der Waals surface area contributed by atoms with Crippen molar-refractivity contribution in [1.82, 2.24) is 15.4 Å². The van der Waals surface area contributed by atoms with Crippen molar-refractivity contribution >= 4 is 11.9 Å². The maximum atomic E-state index is 12.3. The molecule has 2 rings (SSSR count). The number of nitrogens with zero attached hydrogens (tertiary/aromatic N) is 2. The highest BCUT2D eigenvalue weighted by Gasteiger charge is 2.11. The van der Waals surface area contributed by atoms with Gasteiger partial charge in [0.1, 0.15) is 0 Å². The predicted molar refractivity (Wildman–Crippen MR) is 96.0 cm³/mol. The molecule has 0 bridgehead atoms. The summed E-state index contributed by atoms with van der Waals surface area (Å²) in [5.41, 5.74) is 7.39. The number of unbranched alkanes of at least 4 members (excludes halogenated alkanes) is 1. The van der Waals surface area contributed by atoms with Gasteiger partial charge >= 0.3 is 0 Å². The minimum Gasteiger partial charge on any atom is -0.493 e. The molecule has 0 unspecified atom stereocenters. The Morgan fingerprint density at radius 3 is 2.48 bits per heavy atom. The van der Waals surface area contributed by atoms with E-state index in [1.807, 2.05) is 19.9 Å². The number of amides is 1. The number of hydrogen-bond acceptors (Lipinski definition) is 6. The van der Waals surface area contributed by atoms with Gasteiger partial charge in [0.2, 0.25) is 5.95 Å². The standard InChI is InChI=1S/C18H24N4O3/c1-5-6-9-25-15-8-7-14(11-16(15)24-4)17(23)21-22-18-19-12(2)10-13(3)20-18/h7-8,10-11H,5-6,9H2,1-4H3,(H,21,23)(H,19,20,22). The van der Waals surface area contributed by atoms with E-state index >= 15 is 0 Å². The Bertz CT molecular complexity index is 714. The third kappa shape index (κ3) is 5.34. The van der Waals surface area contributed by atoms with E-state index in [2.05, 4.69) is 27.7 Å². The Morgan fingerprint density at radius 2 is 1.84 bits per heavy atom. The van der Waals surface area contributed by atoms with Crippen LogP contribution in [0.1, 0.15) is 41.5 Å². The van der Waals surface area contributed by atoms with Crippen LogP contribution in [0.3, 0.4) is 0 Å². The lowest BCUT2D eigenvalue weighted by Crippen LogP contribution is -2.30. The molecule has 0 radical (unpaired) electrons. The fourth-order valence-electron chi connectivity index (χ4n) is 2.22. The van der Waals surface area contributed by atoms with Gasteiger partial charge in [0.25, 0.3) is 5.91 Å². The number of methoxy groups -OCH3 is 1. The third-order valence-electron chi connectivity index (χ3n) is 3.45. The number of benzene rings is 1. The molecule has 0 atom stereocenters. The Balaban J connectivity index is 2.03. The second-order valence-corrected chi connectivity index (χ2v) is 5.62. The summed E-state index contributed by atoms with van der Waals surface area (Å²) in [5, 5.41) is 0. The van der Waals surface area contributed by atoms with Crippen LogP contribution < -0.4 is 20.3 Å². The summed E-state index contributed by atoms with van der Waals surface area (Å²) < 4.78 is 11.0. The van der Waals surface area contributed by atoms with Gasteiger partial charge in [-0.05, 0) is 44.5 Å². The van der Waals surface area contributed by atoms with Gasteiger partial charge in [-0.25, -0.2) is 9.97 Å². The molecule has 0 spiro atoms. The maximum Gasteiger partial charge on any atom is 0.269 e. The molecule has 0 aliphatic carbocycles. The maximum absolute atomic E-state index is 12.3. The molecule has 25 heavy (non-hydrogen) atoms. The van der Waals surface area contributed by atoms with Crippen molar-refractivity contribution in [2.75, 3.05) is 19.1 Å². The lowest BCUT2D eigenvalue weighted by Gasteiger charge is -2.12. The highest BCUT2D eigenvalue weighted by Crippen LogP contribution is 2.28. The molecule has 7 nitrogen and oxygen atoms in total. The average molecular weight is 344 g/mol. The Labute approximate surface area is 147 Å². The minimum absolute atomic E-state index is 0.318. The first kappa shape index (κ1) is 18.5. The summed E-state index contributed by atoms with van der Waals surface area (Å²) in [4.78, 5) is 20.7. The van der Waals surface area contributed by atoms with Crippen LogP contribution in [0, 0.1) is 13.8 Å². The summed E-state index contributed by atoms with van der Waals surface area (Å²) >= 11 is 0. The molecule has 0 aliphatic rings. The van der Waals surface area contributed by atoms with E-state index < -0.39 is 0 Å². The van der Waals surface area contributed by atoms with E-state index in [1.54, 1.807) is 25.3 Å². The largest absolute Gasteiger partial charge is 0.493 e. The van der Waals surface area contributed by atoms with Crippen LogP contribution in [-0.2, 0) is 0 Å². The van der Waals surface area contributed by atoms with Crippen LogP contribution in [-0.4, -0.2) is 29.6 Å². The van der Waals surface area contributed by atoms with Crippen LogP contribution in [0.4, 0.5) is 5.95 Å². The number of hydrazine groups is 1. The molecular formula is C18H24N4O3. The average Bonchev–Trinajstić information content (AvgIpc) is 2.59. The number of carbonyl (C=O) groups excluding carboxylic acids is 1. The molecule has 0 fully saturated rings. The van der Waals surface area contributed by atoms with Crippen molar-refractivity contribution in [3.05, 3.63) is 41.2 Å². The third-order valence-corrected chi connectivity index (χ3v) is 3.45. The molecule has 0 saturated heterocycles. The number of carbonyl (C=O) groups is 1. The van der Waals surface area contributed by atoms with Gasteiger partial charge < -0.3 is 9.47 Å². The van der Waals surface area contributed by atoms with Crippen molar-refractivity contribution in [2.45, 2.75) is 33.6 Å². The minimum atomic E-state index is -0.318. The number of hydrogen-bond donors (Lipinski definition) is 2. The van der Waals surface area contributed by atoms with Gasteiger partial charge in [-0.2, -0.15) is 0 Å². The summed E-state index contributed by atoms with van der Waals surface area (Å²) in [5.74, 6) is 1.17. The van der Waals surface area contributed by atoms with E-state index in [0.29, 0.717) is 29.6 Å². The molecule has 7 heteroatoms. The number of anilines is 1. The molecule has 134 valence electrons. The first-order valence-electron chi connectivity index (χ1n) is 8.23. The topological polar surface area (TPSA) is 85.4 Å². The fourth-order valence-corrected chi connectivity index (χ4v) is 2.22. The van der Waals surface area contributed by atoms with Crippen LogP contribution in [0.25, 0.3) is 0 Å². The van der Waals surface area contributed by atoms with Crippen molar-refractivity contribution in [3.8, 4) is 11.5 Å². The summed E-state index contributed by atoms with van der Waals surface area (Å²) in [7, 11) is 1.55. The van der Waals surface area contributed by atoms with Crippen LogP contribution in [0.5, 0.6) is 11.5 Å². The Hall–Kier alpha value is -2.83. The normalized spacial score (nSPS) is 10.2. The van der Waals surface area contributed by atoms with Gasteiger partial charge in [-0.15, -0.1) is 0 Å². The molecule has 1 amide bonds. The zero-order valence-electron chi connectivity index (χ0n) is 15.0. The fraction of sp³-hybridized carbons (Fsp3) is 0.389. The highest BCUT2D eigenvalue weighted by molar-refractivity contribution is 5.95. The summed E-state index contributed by atoms with van der Waals surface area (Å²) in [6.45, 7) is 6.44. The first-order chi connectivity index (χ1) is 12.0. The second-order valence-electron chi connectivity index (χ2n) is 5.62. The molecule has 1 aromatic heterocycles. The van der Waals surface area contributed by atoms with E-state index in [4.69, 9.17) is 9.47 Å². The lowest BCUT2D eigenvalue weighted by atomic mass is 10.2. The monoisotopic (exact) mass is 344 g/mol. The molecule has 1 aromatic carbocycles. The summed E-state index contributed by atoms with van der Waals surface area (Å²) in [6, 6.07) is 6.91. The van der Waals surface area contributed by atoms with E-state index in [1.165, 1.54) is 0 Å². The van der Waals surface area contributed by atoms with Crippen molar-refractivity contribution in [3.63, 3.8) is 0 Å². The smallest absolute Gasteiger partial charge is 0.269 e. The number of ether oxygens (including phenoxy) is 2. The zero-order valence-corrected chi connectivity index (χ0v) is 15.0. The lowest BCUT2D eigenvalue weighted by molar-refractivity contribution is 0.0962. The number of nitrogens with one attached hydrogen (secondary N) is 2. The van der Waals surface area contributed by atoms with Gasteiger partial charge in [0, 0.05) is 17.0 Å². The zero-order chi connectivity index (χ0) is 18.2. The number of aryl methyl sites for hydroxylation is 2. The van der Waals surface area contributed by atoms with Crippen LogP contribution in [0.15, 0.2) is 24.3 Å². The van der Waals surface area contributed by atoms with E-state index in [9.17, 15) is 4.79 Å². The van der Waals surface area contributed by atoms with Gasteiger partial charge in [0.05, 0.1) is 13.7 Å².